The Morgan fingerprint density at radius 3 is 2.75 bits per heavy atom. The first-order chi connectivity index (χ1) is 11.6. The first kappa shape index (κ1) is 16.4. The maximum absolute atomic E-state index is 13.5. The van der Waals surface area contributed by atoms with Gasteiger partial charge in [0, 0.05) is 5.56 Å². The predicted molar refractivity (Wildman–Crippen MR) is 95.8 cm³/mol. The number of amides is 1. The van der Waals surface area contributed by atoms with Gasteiger partial charge in [-0.3, -0.25) is 4.79 Å². The summed E-state index contributed by atoms with van der Waals surface area (Å²) >= 11 is 1.34. The lowest BCUT2D eigenvalue weighted by molar-refractivity contribution is -0.118. The number of nitrogens with one attached hydrogen (secondary N) is 1. The van der Waals surface area contributed by atoms with E-state index in [2.05, 4.69) is 15.5 Å². The molecular formula is C18H16FN3OS. The normalized spacial score (nSPS) is 19.2. The molecule has 0 unspecified atom stereocenters. The van der Waals surface area contributed by atoms with E-state index >= 15 is 0 Å². The molecule has 1 saturated heterocycles. The molecule has 2 aromatic rings. The van der Waals surface area contributed by atoms with Crippen LogP contribution >= 0.6 is 11.8 Å². The Balaban J connectivity index is 1.66. The summed E-state index contributed by atoms with van der Waals surface area (Å²) in [6.45, 7) is 2.03. The predicted octanol–water partition coefficient (Wildman–Crippen LogP) is 3.30. The summed E-state index contributed by atoms with van der Waals surface area (Å²) in [7, 11) is 0. The number of halogens is 1. The number of amidine groups is 1. The SMILES string of the molecule is Cc1ccccc1C[C@@H]1S/C(=N\N=C/c2ccccc2F)NC1=O. The monoisotopic (exact) mass is 341 g/mol. The first-order valence-corrected chi connectivity index (χ1v) is 8.39. The maximum atomic E-state index is 13.5. The number of hydrogen-bond acceptors (Lipinski definition) is 4. The van der Waals surface area contributed by atoms with Crippen LogP contribution in [-0.4, -0.2) is 22.5 Å². The van der Waals surface area contributed by atoms with Crippen molar-refractivity contribution < 1.29 is 9.18 Å². The zero-order valence-electron chi connectivity index (χ0n) is 13.1. The van der Waals surface area contributed by atoms with E-state index in [9.17, 15) is 9.18 Å². The molecule has 0 aliphatic carbocycles. The van der Waals surface area contributed by atoms with Gasteiger partial charge >= 0.3 is 0 Å². The van der Waals surface area contributed by atoms with Gasteiger partial charge in [-0.25, -0.2) is 4.39 Å². The molecule has 3 rings (SSSR count). The van der Waals surface area contributed by atoms with Gasteiger partial charge in [-0.2, -0.15) is 5.10 Å². The molecule has 0 spiro atoms. The zero-order chi connectivity index (χ0) is 16.9. The molecule has 24 heavy (non-hydrogen) atoms. The molecule has 2 aromatic carbocycles. The van der Waals surface area contributed by atoms with Crippen molar-refractivity contribution in [1.82, 2.24) is 5.32 Å². The standard InChI is InChI=1S/C18H16FN3OS/c1-12-6-2-3-7-13(12)10-16-17(23)21-18(24-16)22-20-11-14-8-4-5-9-15(14)19/h2-9,11,16H,10H2,1H3,(H,21,22,23)/b20-11-/t16-/m0/s1. The summed E-state index contributed by atoms with van der Waals surface area (Å²) < 4.78 is 13.5. The van der Waals surface area contributed by atoms with Gasteiger partial charge in [-0.15, -0.1) is 5.10 Å². The van der Waals surface area contributed by atoms with Crippen LogP contribution in [0.25, 0.3) is 0 Å². The highest BCUT2D eigenvalue weighted by Gasteiger charge is 2.30. The lowest BCUT2D eigenvalue weighted by atomic mass is 10.0. The molecule has 0 aromatic heterocycles. The average molecular weight is 341 g/mol. The summed E-state index contributed by atoms with van der Waals surface area (Å²) in [5.74, 6) is -0.440. The third-order valence-electron chi connectivity index (χ3n) is 3.69. The van der Waals surface area contributed by atoms with Gasteiger partial charge < -0.3 is 5.32 Å². The van der Waals surface area contributed by atoms with Gasteiger partial charge in [-0.1, -0.05) is 54.2 Å². The Labute approximate surface area is 143 Å². The molecule has 1 amide bonds. The first-order valence-electron chi connectivity index (χ1n) is 7.51. The largest absolute Gasteiger partial charge is 0.303 e. The van der Waals surface area contributed by atoms with E-state index in [4.69, 9.17) is 0 Å². The second-order valence-electron chi connectivity index (χ2n) is 5.40. The molecule has 1 N–H and O–H groups in total. The van der Waals surface area contributed by atoms with Gasteiger partial charge in [0.1, 0.15) is 5.82 Å². The zero-order valence-corrected chi connectivity index (χ0v) is 13.9. The van der Waals surface area contributed by atoms with Crippen molar-refractivity contribution in [3.05, 3.63) is 71.0 Å². The Hall–Kier alpha value is -2.47. The lowest BCUT2D eigenvalue weighted by Crippen LogP contribution is -2.26. The third kappa shape index (κ3) is 3.89. The van der Waals surface area contributed by atoms with E-state index in [-0.39, 0.29) is 17.0 Å². The van der Waals surface area contributed by atoms with Crippen molar-refractivity contribution in [2.45, 2.75) is 18.6 Å². The Morgan fingerprint density at radius 1 is 1.21 bits per heavy atom. The van der Waals surface area contributed by atoms with Crippen LogP contribution in [0.1, 0.15) is 16.7 Å². The van der Waals surface area contributed by atoms with Crippen molar-refractivity contribution in [1.29, 1.82) is 0 Å². The number of thioether (sulfide) groups is 1. The lowest BCUT2D eigenvalue weighted by Gasteiger charge is -2.07. The van der Waals surface area contributed by atoms with Crippen LogP contribution in [0, 0.1) is 12.7 Å². The van der Waals surface area contributed by atoms with Crippen LogP contribution in [0.2, 0.25) is 0 Å². The summed E-state index contributed by atoms with van der Waals surface area (Å²) in [6, 6.07) is 14.3. The Kier molecular flexibility index (Phi) is 5.05. The number of carbonyl (C=O) groups excluding carboxylic acids is 1. The molecule has 0 radical (unpaired) electrons. The van der Waals surface area contributed by atoms with E-state index < -0.39 is 0 Å². The highest BCUT2D eigenvalue weighted by atomic mass is 32.2. The number of hydrogen-bond donors (Lipinski definition) is 1. The van der Waals surface area contributed by atoms with Crippen LogP contribution in [0.15, 0.2) is 58.7 Å². The number of aryl methyl sites for hydroxylation is 1. The number of benzene rings is 2. The number of carbonyl (C=O) groups is 1. The molecule has 6 heteroatoms. The van der Waals surface area contributed by atoms with Gasteiger partial charge in [0.25, 0.3) is 0 Å². The van der Waals surface area contributed by atoms with E-state index in [1.54, 1.807) is 18.2 Å². The minimum atomic E-state index is -0.359. The highest BCUT2D eigenvalue weighted by Crippen LogP contribution is 2.24. The molecule has 1 aliphatic rings. The van der Waals surface area contributed by atoms with Gasteiger partial charge in [0.2, 0.25) is 5.91 Å². The highest BCUT2D eigenvalue weighted by molar-refractivity contribution is 8.15. The Morgan fingerprint density at radius 2 is 1.96 bits per heavy atom. The van der Waals surface area contributed by atoms with Crippen LogP contribution in [0.4, 0.5) is 4.39 Å². The topological polar surface area (TPSA) is 53.8 Å². The Bertz CT molecular complexity index is 819. The number of nitrogens with zero attached hydrogens (tertiary/aromatic N) is 2. The molecule has 0 bridgehead atoms. The summed E-state index contributed by atoms with van der Waals surface area (Å²) in [5, 5.41) is 10.8. The summed E-state index contributed by atoms with van der Waals surface area (Å²) in [6.07, 6.45) is 1.98. The van der Waals surface area contributed by atoms with Crippen LogP contribution in [0.5, 0.6) is 0 Å². The fraction of sp³-hybridized carbons (Fsp3) is 0.167. The molecule has 1 heterocycles. The van der Waals surface area contributed by atoms with Crippen LogP contribution in [0.3, 0.4) is 0 Å². The van der Waals surface area contributed by atoms with Crippen molar-refractivity contribution >= 4 is 29.1 Å². The molecule has 4 nitrogen and oxygen atoms in total. The summed E-state index contributed by atoms with van der Waals surface area (Å²) in [5.41, 5.74) is 2.66. The molecule has 0 saturated carbocycles. The fourth-order valence-electron chi connectivity index (χ4n) is 2.35. The number of rotatable bonds is 4. The van der Waals surface area contributed by atoms with Gasteiger partial charge in [0.05, 0.1) is 11.5 Å². The smallest absolute Gasteiger partial charge is 0.239 e. The van der Waals surface area contributed by atoms with Crippen LogP contribution < -0.4 is 5.32 Å². The molecule has 122 valence electrons. The average Bonchev–Trinajstić information content (AvgIpc) is 2.91. The molecule has 1 fully saturated rings. The van der Waals surface area contributed by atoms with Crippen LogP contribution in [-0.2, 0) is 11.2 Å². The molecular weight excluding hydrogens is 325 g/mol. The van der Waals surface area contributed by atoms with Crippen molar-refractivity contribution in [3.63, 3.8) is 0 Å². The van der Waals surface area contributed by atoms with E-state index in [0.29, 0.717) is 17.2 Å². The third-order valence-corrected chi connectivity index (χ3v) is 4.77. The fourth-order valence-corrected chi connectivity index (χ4v) is 3.30. The second kappa shape index (κ2) is 7.40. The molecule has 1 atom stereocenters. The quantitative estimate of drug-likeness (QED) is 0.685. The second-order valence-corrected chi connectivity index (χ2v) is 6.59. The van der Waals surface area contributed by atoms with Gasteiger partial charge in [0.15, 0.2) is 5.17 Å². The minimum Gasteiger partial charge on any atom is -0.303 e. The van der Waals surface area contributed by atoms with Gasteiger partial charge in [-0.05, 0) is 30.5 Å². The molecule has 1 aliphatic heterocycles. The summed E-state index contributed by atoms with van der Waals surface area (Å²) in [4.78, 5) is 12.1. The van der Waals surface area contributed by atoms with Crippen molar-refractivity contribution in [3.8, 4) is 0 Å². The van der Waals surface area contributed by atoms with E-state index in [0.717, 1.165) is 11.1 Å². The van der Waals surface area contributed by atoms with Crippen molar-refractivity contribution in [2.24, 2.45) is 10.2 Å². The maximum Gasteiger partial charge on any atom is 0.239 e. The van der Waals surface area contributed by atoms with Crippen molar-refractivity contribution in [2.75, 3.05) is 0 Å². The minimum absolute atomic E-state index is 0.0805. The van der Waals surface area contributed by atoms with E-state index in [1.807, 2.05) is 31.2 Å². The van der Waals surface area contributed by atoms with E-state index in [1.165, 1.54) is 24.0 Å².